The summed E-state index contributed by atoms with van der Waals surface area (Å²) in [7, 11) is -2.14. The predicted octanol–water partition coefficient (Wildman–Crippen LogP) is 0.941. The Labute approximate surface area is 113 Å². The van der Waals surface area contributed by atoms with Crippen molar-refractivity contribution in [3.05, 3.63) is 29.6 Å². The van der Waals surface area contributed by atoms with E-state index in [1.54, 1.807) is 6.92 Å². The highest BCUT2D eigenvalue weighted by molar-refractivity contribution is 7.89. The van der Waals surface area contributed by atoms with Crippen molar-refractivity contribution in [2.45, 2.75) is 18.4 Å². The van der Waals surface area contributed by atoms with E-state index in [-0.39, 0.29) is 23.5 Å². The van der Waals surface area contributed by atoms with E-state index in [1.807, 2.05) is 0 Å². The minimum absolute atomic E-state index is 0.0423. The zero-order valence-corrected chi connectivity index (χ0v) is 11.9. The van der Waals surface area contributed by atoms with Crippen LogP contribution in [0, 0.1) is 5.82 Å². The molecule has 0 unspecified atom stereocenters. The molecule has 0 heterocycles. The predicted molar refractivity (Wildman–Crippen MR) is 70.6 cm³/mol. The molecular formula is C12H19FN2O3S. The first-order valence-corrected chi connectivity index (χ1v) is 7.39. The van der Waals surface area contributed by atoms with Gasteiger partial charge in [0.1, 0.15) is 5.82 Å². The maximum Gasteiger partial charge on any atom is 0.243 e. The van der Waals surface area contributed by atoms with Gasteiger partial charge < -0.3 is 10.5 Å². The van der Waals surface area contributed by atoms with Crippen LogP contribution in [0.4, 0.5) is 4.39 Å². The second kappa shape index (κ2) is 6.95. The van der Waals surface area contributed by atoms with Crippen molar-refractivity contribution in [1.29, 1.82) is 0 Å². The number of hydrogen-bond acceptors (Lipinski definition) is 4. The molecular weight excluding hydrogens is 271 g/mol. The number of nitrogens with zero attached hydrogens (tertiary/aromatic N) is 1. The van der Waals surface area contributed by atoms with Gasteiger partial charge in [-0.15, -0.1) is 0 Å². The van der Waals surface area contributed by atoms with Crippen molar-refractivity contribution in [2.24, 2.45) is 5.73 Å². The Hall–Kier alpha value is -1.02. The molecule has 0 aliphatic carbocycles. The van der Waals surface area contributed by atoms with Crippen molar-refractivity contribution < 1.29 is 17.5 Å². The van der Waals surface area contributed by atoms with E-state index in [0.717, 1.165) is 6.07 Å². The van der Waals surface area contributed by atoms with Gasteiger partial charge in [0.05, 0.1) is 11.5 Å². The van der Waals surface area contributed by atoms with E-state index in [4.69, 9.17) is 10.5 Å². The molecule has 0 aliphatic heterocycles. The fraction of sp³-hybridized carbons (Fsp3) is 0.500. The summed E-state index contributed by atoms with van der Waals surface area (Å²) in [6.07, 6.45) is 0. The van der Waals surface area contributed by atoms with E-state index in [2.05, 4.69) is 0 Å². The molecule has 7 heteroatoms. The minimum atomic E-state index is -3.64. The summed E-state index contributed by atoms with van der Waals surface area (Å²) in [6, 6.07) is 3.65. The molecule has 1 aromatic rings. The molecule has 108 valence electrons. The highest BCUT2D eigenvalue weighted by Gasteiger charge is 2.23. The molecule has 0 radical (unpaired) electrons. The smallest absolute Gasteiger partial charge is 0.243 e. The third-order valence-corrected chi connectivity index (χ3v) is 4.74. The van der Waals surface area contributed by atoms with E-state index in [9.17, 15) is 12.8 Å². The molecule has 0 atom stereocenters. The van der Waals surface area contributed by atoms with Crippen molar-refractivity contribution in [3.8, 4) is 0 Å². The average molecular weight is 290 g/mol. The molecule has 0 saturated heterocycles. The van der Waals surface area contributed by atoms with Crippen LogP contribution in [0.5, 0.6) is 0 Å². The van der Waals surface area contributed by atoms with Crippen molar-refractivity contribution in [1.82, 2.24) is 4.31 Å². The number of ether oxygens (including phenoxy) is 1. The largest absolute Gasteiger partial charge is 0.383 e. The first-order valence-electron chi connectivity index (χ1n) is 5.95. The van der Waals surface area contributed by atoms with Crippen LogP contribution in [0.25, 0.3) is 0 Å². The summed E-state index contributed by atoms with van der Waals surface area (Å²) in [5.74, 6) is -0.499. The number of benzene rings is 1. The van der Waals surface area contributed by atoms with Crippen molar-refractivity contribution in [3.63, 3.8) is 0 Å². The average Bonchev–Trinajstić information content (AvgIpc) is 2.39. The lowest BCUT2D eigenvalue weighted by Gasteiger charge is -2.20. The third-order valence-electron chi connectivity index (χ3n) is 2.77. The number of methoxy groups -OCH3 is 1. The van der Waals surface area contributed by atoms with Crippen molar-refractivity contribution >= 4 is 10.0 Å². The van der Waals surface area contributed by atoms with Gasteiger partial charge in [-0.3, -0.25) is 0 Å². The van der Waals surface area contributed by atoms with Crippen LogP contribution >= 0.6 is 0 Å². The summed E-state index contributed by atoms with van der Waals surface area (Å²) in [4.78, 5) is 0.0484. The number of halogens is 1. The Kier molecular flexibility index (Phi) is 5.86. The van der Waals surface area contributed by atoms with Crippen LogP contribution in [0.1, 0.15) is 12.5 Å². The van der Waals surface area contributed by atoms with E-state index in [1.165, 1.54) is 23.5 Å². The van der Waals surface area contributed by atoms with Crippen LogP contribution in [-0.2, 0) is 21.3 Å². The molecule has 0 aliphatic rings. The lowest BCUT2D eigenvalue weighted by atomic mass is 10.2. The summed E-state index contributed by atoms with van der Waals surface area (Å²) in [6.45, 7) is 2.57. The molecule has 0 amide bonds. The normalized spacial score (nSPS) is 12.1. The van der Waals surface area contributed by atoms with Gasteiger partial charge in [0.25, 0.3) is 0 Å². The van der Waals surface area contributed by atoms with Crippen LogP contribution in [0.2, 0.25) is 0 Å². The Morgan fingerprint density at radius 1 is 1.42 bits per heavy atom. The maximum atomic E-state index is 13.3. The summed E-state index contributed by atoms with van der Waals surface area (Å²) in [5.41, 5.74) is 5.57. The third kappa shape index (κ3) is 3.73. The molecule has 5 nitrogen and oxygen atoms in total. The number of rotatable bonds is 7. The lowest BCUT2D eigenvalue weighted by Crippen LogP contribution is -2.33. The number of sulfonamides is 1. The van der Waals surface area contributed by atoms with Gasteiger partial charge in [-0.25, -0.2) is 12.8 Å². The van der Waals surface area contributed by atoms with Gasteiger partial charge in [-0.05, 0) is 18.2 Å². The van der Waals surface area contributed by atoms with Gasteiger partial charge in [-0.1, -0.05) is 6.92 Å². The Balaban J connectivity index is 3.11. The Bertz CT molecular complexity index is 520. The fourth-order valence-electron chi connectivity index (χ4n) is 1.66. The summed E-state index contributed by atoms with van der Waals surface area (Å²) < 4.78 is 44.2. The molecule has 0 aromatic heterocycles. The monoisotopic (exact) mass is 290 g/mol. The van der Waals surface area contributed by atoms with Crippen LogP contribution in [-0.4, -0.2) is 39.5 Å². The zero-order chi connectivity index (χ0) is 14.5. The molecule has 0 spiro atoms. The topological polar surface area (TPSA) is 72.6 Å². The minimum Gasteiger partial charge on any atom is -0.383 e. The number of likely N-dealkylation sites (N-methyl/N-ethyl adjacent to an activating group) is 1. The van der Waals surface area contributed by atoms with Gasteiger partial charge in [-0.2, -0.15) is 4.31 Å². The second-order valence-corrected chi connectivity index (χ2v) is 5.88. The first-order chi connectivity index (χ1) is 8.97. The molecule has 0 saturated carbocycles. The van der Waals surface area contributed by atoms with Crippen LogP contribution in [0.3, 0.4) is 0 Å². The summed E-state index contributed by atoms with van der Waals surface area (Å²) >= 11 is 0. The summed E-state index contributed by atoms with van der Waals surface area (Å²) in [5, 5.41) is 0. The van der Waals surface area contributed by atoms with Gasteiger partial charge in [0.2, 0.25) is 10.0 Å². The molecule has 0 bridgehead atoms. The second-order valence-electron chi connectivity index (χ2n) is 3.95. The van der Waals surface area contributed by atoms with E-state index >= 15 is 0 Å². The van der Waals surface area contributed by atoms with Gasteiger partial charge in [0, 0.05) is 32.3 Å². The lowest BCUT2D eigenvalue weighted by molar-refractivity contribution is 0.180. The zero-order valence-electron chi connectivity index (χ0n) is 11.1. The number of hydrogen-bond donors (Lipinski definition) is 1. The quantitative estimate of drug-likeness (QED) is 0.811. The number of nitrogens with two attached hydrogens (primary N) is 1. The molecule has 2 N–H and O–H groups in total. The highest BCUT2D eigenvalue weighted by Crippen LogP contribution is 2.18. The fourth-order valence-corrected chi connectivity index (χ4v) is 3.14. The molecule has 1 aromatic carbocycles. The SMILES string of the molecule is CCN(CCOC)S(=O)(=O)c1ccc(F)c(CN)c1. The van der Waals surface area contributed by atoms with Crippen molar-refractivity contribution in [2.75, 3.05) is 26.8 Å². The Morgan fingerprint density at radius 2 is 2.11 bits per heavy atom. The van der Waals surface area contributed by atoms with Gasteiger partial charge in [0.15, 0.2) is 0 Å². The van der Waals surface area contributed by atoms with Crippen LogP contribution in [0.15, 0.2) is 23.1 Å². The van der Waals surface area contributed by atoms with Crippen LogP contribution < -0.4 is 5.73 Å². The maximum absolute atomic E-state index is 13.3. The van der Waals surface area contributed by atoms with E-state index < -0.39 is 15.8 Å². The highest BCUT2D eigenvalue weighted by atomic mass is 32.2. The molecule has 19 heavy (non-hydrogen) atoms. The first kappa shape index (κ1) is 16.0. The standard InChI is InChI=1S/C12H19FN2O3S/c1-3-15(6-7-18-2)19(16,17)11-4-5-12(13)10(8-11)9-14/h4-5,8H,3,6-7,9,14H2,1-2H3. The molecule has 0 fully saturated rings. The van der Waals surface area contributed by atoms with E-state index in [0.29, 0.717) is 13.2 Å². The van der Waals surface area contributed by atoms with Gasteiger partial charge >= 0.3 is 0 Å². The molecule has 1 rings (SSSR count). The Morgan fingerprint density at radius 3 is 2.63 bits per heavy atom.